The number of carbonyl (C=O) groups excluding carboxylic acids is 1. The Hall–Kier alpha value is -3.60. The highest BCUT2D eigenvalue weighted by Crippen LogP contribution is 2.21. The van der Waals surface area contributed by atoms with E-state index < -0.39 is 0 Å². The maximum Gasteiger partial charge on any atom is 0.232 e. The van der Waals surface area contributed by atoms with Gasteiger partial charge in [0.05, 0.1) is 30.1 Å². The quantitative estimate of drug-likeness (QED) is 0.759. The number of hydrogen-bond acceptors (Lipinski definition) is 6. The van der Waals surface area contributed by atoms with E-state index in [4.69, 9.17) is 5.26 Å². The largest absolute Gasteiger partial charge is 0.294 e. The minimum Gasteiger partial charge on any atom is -0.294 e. The Kier molecular flexibility index (Phi) is 4.99. The fourth-order valence-electron chi connectivity index (χ4n) is 2.42. The van der Waals surface area contributed by atoms with Crippen molar-refractivity contribution < 1.29 is 4.79 Å². The van der Waals surface area contributed by atoms with Crippen LogP contribution < -0.4 is 5.32 Å². The molecule has 0 fully saturated rings. The molecule has 0 spiro atoms. The predicted molar refractivity (Wildman–Crippen MR) is 94.9 cm³/mol. The monoisotopic (exact) mass is 347 g/mol. The fraction of sp³-hybridized carbons (Fsp3) is 0.222. The van der Waals surface area contributed by atoms with Crippen molar-refractivity contribution in [2.45, 2.75) is 26.3 Å². The van der Waals surface area contributed by atoms with Crippen LogP contribution in [-0.2, 0) is 11.2 Å². The van der Waals surface area contributed by atoms with Gasteiger partial charge in [0, 0.05) is 29.7 Å². The molecule has 8 heteroatoms. The molecule has 1 amide bonds. The molecule has 0 radical (unpaired) electrons. The second-order valence-corrected chi connectivity index (χ2v) is 5.93. The Morgan fingerprint density at radius 1 is 1.19 bits per heavy atom. The molecule has 3 aromatic rings. The molecule has 0 atom stereocenters. The van der Waals surface area contributed by atoms with E-state index in [0.717, 1.165) is 11.3 Å². The molecule has 0 aliphatic rings. The van der Waals surface area contributed by atoms with E-state index in [2.05, 4.69) is 39.2 Å². The van der Waals surface area contributed by atoms with Gasteiger partial charge in [0.15, 0.2) is 0 Å². The Bertz CT molecular complexity index is 937. The first-order chi connectivity index (χ1) is 12.6. The minimum atomic E-state index is -0.276. The summed E-state index contributed by atoms with van der Waals surface area (Å²) in [5, 5.41) is 15.6. The van der Waals surface area contributed by atoms with Crippen LogP contribution in [0.1, 0.15) is 31.1 Å². The molecule has 3 rings (SSSR count). The molecular weight excluding hydrogens is 330 g/mol. The van der Waals surface area contributed by atoms with E-state index in [1.807, 2.05) is 29.0 Å². The van der Waals surface area contributed by atoms with Crippen LogP contribution in [-0.4, -0.2) is 30.6 Å². The van der Waals surface area contributed by atoms with Crippen molar-refractivity contribution in [1.29, 1.82) is 5.26 Å². The number of nitrogens with one attached hydrogen (secondary N) is 1. The van der Waals surface area contributed by atoms with Crippen molar-refractivity contribution in [3.8, 4) is 17.3 Å². The van der Waals surface area contributed by atoms with Crippen LogP contribution in [0.25, 0.3) is 11.3 Å². The number of rotatable bonds is 5. The third-order valence-electron chi connectivity index (χ3n) is 3.65. The normalized spacial score (nSPS) is 10.5. The van der Waals surface area contributed by atoms with Crippen molar-refractivity contribution in [3.63, 3.8) is 0 Å². The molecule has 0 aromatic carbocycles. The number of anilines is 1. The topological polar surface area (TPSA) is 109 Å². The van der Waals surface area contributed by atoms with E-state index in [0.29, 0.717) is 11.3 Å². The number of nitrogens with zero attached hydrogens (tertiary/aromatic N) is 6. The van der Waals surface area contributed by atoms with Gasteiger partial charge in [-0.2, -0.15) is 10.4 Å². The third-order valence-corrected chi connectivity index (χ3v) is 3.65. The molecule has 3 heterocycles. The molecule has 0 bridgehead atoms. The van der Waals surface area contributed by atoms with E-state index in [1.165, 1.54) is 12.4 Å². The zero-order valence-corrected chi connectivity index (χ0v) is 14.4. The van der Waals surface area contributed by atoms with Crippen molar-refractivity contribution in [1.82, 2.24) is 24.7 Å². The lowest BCUT2D eigenvalue weighted by Gasteiger charge is -2.11. The highest BCUT2D eigenvalue weighted by Gasteiger charge is 2.10. The van der Waals surface area contributed by atoms with Crippen molar-refractivity contribution in [3.05, 3.63) is 54.2 Å². The summed E-state index contributed by atoms with van der Waals surface area (Å²) in [5.74, 6) is -0.117. The molecule has 0 aliphatic carbocycles. The Labute approximate surface area is 150 Å². The van der Waals surface area contributed by atoms with Gasteiger partial charge < -0.3 is 0 Å². The lowest BCUT2D eigenvalue weighted by molar-refractivity contribution is -0.115. The van der Waals surface area contributed by atoms with Gasteiger partial charge in [-0.05, 0) is 32.0 Å². The van der Waals surface area contributed by atoms with Gasteiger partial charge in [0.25, 0.3) is 0 Å². The van der Waals surface area contributed by atoms with Crippen molar-refractivity contribution in [2.75, 3.05) is 5.32 Å². The van der Waals surface area contributed by atoms with Crippen LogP contribution in [0.5, 0.6) is 0 Å². The fourth-order valence-corrected chi connectivity index (χ4v) is 2.42. The van der Waals surface area contributed by atoms with E-state index >= 15 is 0 Å². The summed E-state index contributed by atoms with van der Waals surface area (Å²) in [5.41, 5.74) is 2.89. The summed E-state index contributed by atoms with van der Waals surface area (Å²) in [6.45, 7) is 4.13. The maximum atomic E-state index is 12.1. The average molecular weight is 347 g/mol. The van der Waals surface area contributed by atoms with Crippen LogP contribution in [0.2, 0.25) is 0 Å². The van der Waals surface area contributed by atoms with Gasteiger partial charge in [0.2, 0.25) is 11.9 Å². The second-order valence-electron chi connectivity index (χ2n) is 5.93. The van der Waals surface area contributed by atoms with Crippen LogP contribution in [0.4, 0.5) is 5.95 Å². The van der Waals surface area contributed by atoms with Gasteiger partial charge in [-0.1, -0.05) is 0 Å². The first kappa shape index (κ1) is 17.2. The molecular formula is C18H17N7O. The van der Waals surface area contributed by atoms with Crippen LogP contribution in [0, 0.1) is 11.3 Å². The number of aromatic nitrogens is 5. The van der Waals surface area contributed by atoms with Crippen molar-refractivity contribution in [2.24, 2.45) is 0 Å². The number of pyridine rings is 1. The number of hydrogen-bond donors (Lipinski definition) is 1. The first-order valence-electron chi connectivity index (χ1n) is 8.07. The lowest BCUT2D eigenvalue weighted by atomic mass is 10.1. The van der Waals surface area contributed by atoms with Gasteiger partial charge in [0.1, 0.15) is 6.07 Å². The van der Waals surface area contributed by atoms with Gasteiger partial charge in [-0.25, -0.2) is 9.97 Å². The van der Waals surface area contributed by atoms with Gasteiger partial charge in [-0.3, -0.25) is 19.8 Å². The van der Waals surface area contributed by atoms with Crippen LogP contribution in [0.15, 0.2) is 43.0 Å². The Balaban J connectivity index is 1.66. The van der Waals surface area contributed by atoms with Crippen LogP contribution in [0.3, 0.4) is 0 Å². The molecule has 0 aliphatic heterocycles. The molecule has 0 saturated heterocycles. The molecule has 3 aromatic heterocycles. The maximum absolute atomic E-state index is 12.1. The van der Waals surface area contributed by atoms with Crippen LogP contribution >= 0.6 is 0 Å². The van der Waals surface area contributed by atoms with Gasteiger partial charge >= 0.3 is 0 Å². The van der Waals surface area contributed by atoms with E-state index in [1.54, 1.807) is 12.4 Å². The zero-order chi connectivity index (χ0) is 18.5. The Morgan fingerprint density at radius 2 is 1.96 bits per heavy atom. The highest BCUT2D eigenvalue weighted by atomic mass is 16.1. The third kappa shape index (κ3) is 3.89. The van der Waals surface area contributed by atoms with Crippen molar-refractivity contribution >= 4 is 11.9 Å². The summed E-state index contributed by atoms with van der Waals surface area (Å²) in [6.07, 6.45) is 6.30. The average Bonchev–Trinajstić information content (AvgIpc) is 3.13. The summed E-state index contributed by atoms with van der Waals surface area (Å²) >= 11 is 0. The molecule has 1 N–H and O–H groups in total. The number of amides is 1. The molecule has 26 heavy (non-hydrogen) atoms. The summed E-state index contributed by atoms with van der Waals surface area (Å²) in [6, 6.07) is 7.84. The standard InChI is InChI=1S/C18H17N7O/c1-12(2)25-16(5-6-23-25)14-3-4-15(20-11-14)7-17(26)24-18-21-9-13(8-19)10-22-18/h3-6,9-12H,7H2,1-2H3,(H,21,22,24,26). The first-order valence-corrected chi connectivity index (χ1v) is 8.07. The van der Waals surface area contributed by atoms with E-state index in [9.17, 15) is 4.79 Å². The highest BCUT2D eigenvalue weighted by molar-refractivity contribution is 5.90. The summed E-state index contributed by atoms with van der Waals surface area (Å²) in [4.78, 5) is 24.3. The zero-order valence-electron chi connectivity index (χ0n) is 14.4. The van der Waals surface area contributed by atoms with Gasteiger partial charge in [-0.15, -0.1) is 0 Å². The smallest absolute Gasteiger partial charge is 0.232 e. The lowest BCUT2D eigenvalue weighted by Crippen LogP contribution is -2.17. The second kappa shape index (κ2) is 7.53. The molecule has 0 unspecified atom stereocenters. The minimum absolute atomic E-state index is 0.104. The molecule has 8 nitrogen and oxygen atoms in total. The SMILES string of the molecule is CC(C)n1nccc1-c1ccc(CC(=O)Nc2ncc(C#N)cn2)nc1. The molecule has 0 saturated carbocycles. The summed E-state index contributed by atoms with van der Waals surface area (Å²) in [7, 11) is 0. The number of nitriles is 1. The predicted octanol–water partition coefficient (Wildman–Crippen LogP) is 2.37. The summed E-state index contributed by atoms with van der Waals surface area (Å²) < 4.78 is 1.92. The number of carbonyl (C=O) groups is 1. The van der Waals surface area contributed by atoms with E-state index in [-0.39, 0.29) is 24.3 Å². The Morgan fingerprint density at radius 3 is 2.58 bits per heavy atom. The molecule has 130 valence electrons.